The maximum atomic E-state index is 14.9. The smallest absolute Gasteiger partial charge is 0.350 e. The number of hydrogen-bond acceptors (Lipinski definition) is 7. The number of fused-ring (bicyclic) bond motifs is 3. The second-order valence-corrected chi connectivity index (χ2v) is 17.5. The number of Topliss-reactive ketones (excluding diaryl/α,β-unsaturated/α-hetero) is 2. The van der Waals surface area contributed by atoms with Crippen molar-refractivity contribution in [2.45, 2.75) is 128 Å². The Morgan fingerprint density at radius 2 is 1.98 bits per heavy atom. The normalized spacial score (nSPS) is 37.5. The standard InChI is InChI=1S/C42H66N4O6/c1-6-44-35-21-30-11-8-7-10-29(30)20-32(35)24-51-40(50)42-39(49)37-31(18-26(2)3)12-9-13-34(37)38(48)41(42,52-42)22-33(23-47)27(4)14-15-28-16-17-45-36(19-28)46-25-43-5/h8,11,21,26,28-29,31-32,34-37,43-47H,6-7,9-10,12-20,22-25H2,1-5H3/p+3/t28?,29-,31?,32-,34?,35-,36?,37?,41-,42-/m0/s1. The number of epoxide rings is 1. The highest BCUT2D eigenvalue weighted by molar-refractivity contribution is 6.23. The summed E-state index contributed by atoms with van der Waals surface area (Å²) >= 11 is 0. The first-order valence-electron chi connectivity index (χ1n) is 20.9. The van der Waals surface area contributed by atoms with Gasteiger partial charge in [-0.15, -0.1) is 0 Å². The van der Waals surface area contributed by atoms with Crippen molar-refractivity contribution in [1.82, 2.24) is 5.32 Å². The van der Waals surface area contributed by atoms with Gasteiger partial charge in [0.15, 0.2) is 17.2 Å². The van der Waals surface area contributed by atoms with E-state index in [1.165, 1.54) is 5.57 Å². The molecule has 0 aromatic carbocycles. The van der Waals surface area contributed by atoms with Gasteiger partial charge in [0.1, 0.15) is 25.5 Å². The Hall–Kier alpha value is -2.21. The van der Waals surface area contributed by atoms with Gasteiger partial charge < -0.3 is 30.5 Å². The summed E-state index contributed by atoms with van der Waals surface area (Å²) < 4.78 is 12.7. The molecule has 0 radical (unpaired) electrons. The van der Waals surface area contributed by atoms with E-state index in [-0.39, 0.29) is 49.1 Å². The number of piperidine rings is 1. The third-order valence-electron chi connectivity index (χ3n) is 13.6. The number of aliphatic hydroxyl groups is 1. The number of hydrogen-bond donors (Lipinski definition) is 5. The number of carbonyl (C=O) groups excluding carboxylic acids is 3. The zero-order valence-electron chi connectivity index (χ0n) is 32.7. The molecule has 5 unspecified atom stereocenters. The number of aliphatic hydroxyl groups excluding tert-OH is 1. The highest BCUT2D eigenvalue weighted by Gasteiger charge is 2.87. The van der Waals surface area contributed by atoms with E-state index in [2.05, 4.69) is 67.3 Å². The molecule has 10 heteroatoms. The molecule has 2 saturated carbocycles. The first-order chi connectivity index (χ1) is 25.1. The Kier molecular flexibility index (Phi) is 13.0. The quantitative estimate of drug-likeness (QED) is 0.0533. The summed E-state index contributed by atoms with van der Waals surface area (Å²) in [5.41, 5.74) is -0.403. The fraction of sp³-hybridized carbons (Fsp3) is 0.786. The molecule has 2 saturated heterocycles. The maximum absolute atomic E-state index is 14.9. The first-order valence-corrected chi connectivity index (χ1v) is 20.9. The molecule has 6 aliphatic rings. The molecule has 0 aromatic rings. The minimum Gasteiger partial charge on any atom is -0.463 e. The molecule has 4 fully saturated rings. The first kappa shape index (κ1) is 39.5. The average molecular weight is 726 g/mol. The summed E-state index contributed by atoms with van der Waals surface area (Å²) in [5, 5.41) is 21.2. The summed E-state index contributed by atoms with van der Waals surface area (Å²) in [5.74, 6) is -0.496. The molecule has 10 nitrogen and oxygen atoms in total. The molecule has 0 bridgehead atoms. The van der Waals surface area contributed by atoms with Gasteiger partial charge in [0, 0.05) is 30.6 Å². The van der Waals surface area contributed by atoms with Gasteiger partial charge in [-0.2, -0.15) is 0 Å². The molecule has 10 atom stereocenters. The van der Waals surface area contributed by atoms with Crippen LogP contribution in [-0.4, -0.2) is 86.1 Å². The van der Waals surface area contributed by atoms with Crippen LogP contribution in [0.2, 0.25) is 0 Å². The molecule has 8 N–H and O–H groups in total. The van der Waals surface area contributed by atoms with Crippen LogP contribution < -0.4 is 21.3 Å². The number of ether oxygens (including phenoxy) is 2. The van der Waals surface area contributed by atoms with Crippen LogP contribution in [0.4, 0.5) is 0 Å². The van der Waals surface area contributed by atoms with E-state index in [0.717, 1.165) is 89.5 Å². The molecule has 4 aliphatic carbocycles. The van der Waals surface area contributed by atoms with E-state index in [4.69, 9.17) is 9.47 Å². The van der Waals surface area contributed by atoms with Crippen molar-refractivity contribution in [2.24, 2.45) is 41.4 Å². The number of likely N-dealkylation sites (N-methyl/N-ethyl adjacent to an activating group) is 1. The van der Waals surface area contributed by atoms with Crippen LogP contribution >= 0.6 is 0 Å². The monoisotopic (exact) mass is 726 g/mol. The number of nitrogens with one attached hydrogen (secondary N) is 1. The molecule has 0 amide bonds. The summed E-state index contributed by atoms with van der Waals surface area (Å²) in [6, 6.07) is 0.181. The summed E-state index contributed by atoms with van der Waals surface area (Å²) in [6.45, 7) is 11.4. The Morgan fingerprint density at radius 3 is 2.73 bits per heavy atom. The Morgan fingerprint density at radius 1 is 1.15 bits per heavy atom. The Labute approximate surface area is 311 Å². The van der Waals surface area contributed by atoms with E-state index < -0.39 is 29.0 Å². The number of esters is 1. The van der Waals surface area contributed by atoms with Gasteiger partial charge in [0.25, 0.3) is 5.60 Å². The van der Waals surface area contributed by atoms with Crippen molar-refractivity contribution in [1.29, 1.82) is 0 Å². The van der Waals surface area contributed by atoms with Gasteiger partial charge in [-0.1, -0.05) is 38.0 Å². The number of carbonyl (C=O) groups is 3. The zero-order chi connectivity index (χ0) is 37.0. The molecule has 0 spiro atoms. The topological polar surface area (TPSA) is 155 Å². The third-order valence-corrected chi connectivity index (χ3v) is 13.6. The van der Waals surface area contributed by atoms with E-state index >= 15 is 0 Å². The fourth-order valence-electron chi connectivity index (χ4n) is 10.8. The Bertz CT molecular complexity index is 1410. The molecular weight excluding hydrogens is 656 g/mol. The van der Waals surface area contributed by atoms with E-state index in [1.54, 1.807) is 0 Å². The van der Waals surface area contributed by atoms with E-state index in [1.807, 2.05) is 6.92 Å². The van der Waals surface area contributed by atoms with Crippen molar-refractivity contribution >= 4 is 17.5 Å². The second kappa shape index (κ2) is 17.1. The zero-order valence-corrected chi connectivity index (χ0v) is 32.7. The van der Waals surface area contributed by atoms with Gasteiger partial charge >= 0.3 is 5.97 Å². The lowest BCUT2D eigenvalue weighted by atomic mass is 9.56. The van der Waals surface area contributed by atoms with Crippen LogP contribution in [0.25, 0.3) is 0 Å². The van der Waals surface area contributed by atoms with Crippen LogP contribution in [0.3, 0.4) is 0 Å². The van der Waals surface area contributed by atoms with Gasteiger partial charge in [-0.25, -0.2) is 10.1 Å². The summed E-state index contributed by atoms with van der Waals surface area (Å²) in [4.78, 5) is 44.2. The predicted octanol–water partition coefficient (Wildman–Crippen LogP) is 1.65. The van der Waals surface area contributed by atoms with Crippen LogP contribution in [0.15, 0.2) is 34.9 Å². The predicted molar refractivity (Wildman–Crippen MR) is 198 cm³/mol. The molecule has 2 aliphatic heterocycles. The van der Waals surface area contributed by atoms with Crippen LogP contribution in [0.5, 0.6) is 0 Å². The molecule has 290 valence electrons. The van der Waals surface area contributed by atoms with Crippen molar-refractivity contribution in [2.75, 3.05) is 40.0 Å². The number of allylic oxidation sites excluding steroid dienone is 4. The van der Waals surface area contributed by atoms with Gasteiger partial charge in [0.05, 0.1) is 26.7 Å². The summed E-state index contributed by atoms with van der Waals surface area (Å²) in [7, 11) is 2.07. The number of rotatable bonds is 16. The number of quaternary nitrogens is 3. The highest BCUT2D eigenvalue weighted by atomic mass is 16.7. The Balaban J connectivity index is 1.24. The van der Waals surface area contributed by atoms with Crippen molar-refractivity contribution in [3.8, 4) is 0 Å². The molecular formula is C42H69N4O6+3. The van der Waals surface area contributed by atoms with Crippen LogP contribution in [0.1, 0.15) is 105 Å². The average Bonchev–Trinajstić information content (AvgIpc) is 3.85. The molecule has 2 heterocycles. The van der Waals surface area contributed by atoms with Crippen molar-refractivity contribution in [3.05, 3.63) is 34.9 Å². The largest absolute Gasteiger partial charge is 0.463 e. The SMILES string of the molecule is CC[NH2+][C@H]1C=C2C=CCC[C@H]2C[C@H]1COC(=O)[C@]12O[C@@]1(CC(CO)=C(C)CCC1CC[NH2+]C(NC[NH2+]C)C1)C(=O)C1CCCC(CC(C)C)C1C2=O. The summed E-state index contributed by atoms with van der Waals surface area (Å²) in [6.07, 6.45) is 17.7. The number of ketones is 2. The van der Waals surface area contributed by atoms with Gasteiger partial charge in [0.2, 0.25) is 0 Å². The molecule has 6 rings (SSSR count). The van der Waals surface area contributed by atoms with E-state index in [9.17, 15) is 19.5 Å². The van der Waals surface area contributed by atoms with Crippen LogP contribution in [-0.2, 0) is 23.9 Å². The number of nitrogens with two attached hydrogens (primary N) is 3. The lowest BCUT2D eigenvalue weighted by Crippen LogP contribution is -2.97. The molecule has 0 aromatic heterocycles. The highest BCUT2D eigenvalue weighted by Crippen LogP contribution is 2.63. The third kappa shape index (κ3) is 7.80. The fourth-order valence-corrected chi connectivity index (χ4v) is 10.8. The van der Waals surface area contributed by atoms with Crippen molar-refractivity contribution in [3.63, 3.8) is 0 Å². The minimum atomic E-state index is -1.93. The second-order valence-electron chi connectivity index (χ2n) is 17.5. The van der Waals surface area contributed by atoms with Gasteiger partial charge in [-0.05, 0) is 113 Å². The molecule has 52 heavy (non-hydrogen) atoms. The van der Waals surface area contributed by atoms with E-state index in [0.29, 0.717) is 35.9 Å². The minimum absolute atomic E-state index is 0.0442. The van der Waals surface area contributed by atoms with Gasteiger partial charge in [-0.3, -0.25) is 9.59 Å². The van der Waals surface area contributed by atoms with Crippen molar-refractivity contribution < 1.29 is 44.9 Å². The lowest BCUT2D eigenvalue weighted by Gasteiger charge is -2.42. The van der Waals surface area contributed by atoms with Crippen LogP contribution in [0, 0.1) is 41.4 Å². The lowest BCUT2D eigenvalue weighted by molar-refractivity contribution is -0.716. The maximum Gasteiger partial charge on any atom is 0.350 e.